The first-order valence-corrected chi connectivity index (χ1v) is 8.77. The van der Waals surface area contributed by atoms with Crippen LogP contribution in [0.2, 0.25) is 0 Å². The third-order valence-corrected chi connectivity index (χ3v) is 4.89. The molecule has 1 atom stereocenters. The Morgan fingerprint density at radius 2 is 2.08 bits per heavy atom. The number of nitrogens with zero attached hydrogens (tertiary/aromatic N) is 2. The highest BCUT2D eigenvalue weighted by atomic mass is 16.5. The van der Waals surface area contributed by atoms with E-state index in [9.17, 15) is 9.59 Å². The lowest BCUT2D eigenvalue weighted by Crippen LogP contribution is -2.45. The average molecular weight is 343 g/mol. The Hall–Kier alpha value is -2.50. The van der Waals surface area contributed by atoms with Crippen LogP contribution in [0.15, 0.2) is 35.5 Å². The standard InChI is InChI=1S/C19H25N3O3/c1-4-5-6-10-22-12-15-16(18(22)23)17(20-19(24)21(15)2)13-8-7-9-14(11-13)25-3/h7-9,11,17H,4-6,10,12H2,1-3H3,(H,20,24). The zero-order valence-corrected chi connectivity index (χ0v) is 15.0. The number of benzene rings is 1. The number of ether oxygens (including phenoxy) is 1. The normalized spacial score (nSPS) is 20.0. The Bertz CT molecular complexity index is 714. The molecule has 1 aromatic rings. The Labute approximate surface area is 148 Å². The number of hydrogen-bond acceptors (Lipinski definition) is 3. The highest BCUT2D eigenvalue weighted by molar-refractivity contribution is 6.01. The number of urea groups is 1. The Morgan fingerprint density at radius 3 is 2.80 bits per heavy atom. The molecule has 0 saturated heterocycles. The summed E-state index contributed by atoms with van der Waals surface area (Å²) in [5.74, 6) is 0.726. The molecular weight excluding hydrogens is 318 g/mol. The molecule has 2 heterocycles. The Morgan fingerprint density at radius 1 is 1.28 bits per heavy atom. The lowest BCUT2D eigenvalue weighted by Gasteiger charge is -2.31. The second-order valence-corrected chi connectivity index (χ2v) is 6.51. The largest absolute Gasteiger partial charge is 0.497 e. The van der Waals surface area contributed by atoms with Crippen molar-refractivity contribution in [2.75, 3.05) is 27.2 Å². The third-order valence-electron chi connectivity index (χ3n) is 4.89. The van der Waals surface area contributed by atoms with Crippen molar-refractivity contribution in [1.82, 2.24) is 15.1 Å². The van der Waals surface area contributed by atoms with E-state index >= 15 is 0 Å². The SMILES string of the molecule is CCCCCN1CC2=C(C1=O)C(c1cccc(OC)c1)NC(=O)N2C. The quantitative estimate of drug-likeness (QED) is 0.808. The minimum Gasteiger partial charge on any atom is -0.497 e. The van der Waals surface area contributed by atoms with Gasteiger partial charge in [-0.25, -0.2) is 4.79 Å². The van der Waals surface area contributed by atoms with Gasteiger partial charge in [-0.3, -0.25) is 9.69 Å². The third kappa shape index (κ3) is 3.21. The van der Waals surface area contributed by atoms with Crippen LogP contribution < -0.4 is 10.1 Å². The highest BCUT2D eigenvalue weighted by Gasteiger charge is 2.42. The van der Waals surface area contributed by atoms with E-state index in [0.29, 0.717) is 17.9 Å². The number of amides is 3. The summed E-state index contributed by atoms with van der Waals surface area (Å²) in [5, 5.41) is 2.95. The molecule has 0 fully saturated rings. The Balaban J connectivity index is 1.91. The van der Waals surface area contributed by atoms with Gasteiger partial charge in [0.15, 0.2) is 0 Å². The zero-order valence-electron chi connectivity index (χ0n) is 15.0. The summed E-state index contributed by atoms with van der Waals surface area (Å²) < 4.78 is 5.28. The van der Waals surface area contributed by atoms with Crippen molar-refractivity contribution in [2.45, 2.75) is 32.2 Å². The van der Waals surface area contributed by atoms with Crippen LogP contribution >= 0.6 is 0 Å². The zero-order chi connectivity index (χ0) is 18.0. The molecule has 25 heavy (non-hydrogen) atoms. The van der Waals surface area contributed by atoms with Gasteiger partial charge in [0, 0.05) is 13.6 Å². The summed E-state index contributed by atoms with van der Waals surface area (Å²) in [4.78, 5) is 28.8. The van der Waals surface area contributed by atoms with Crippen LogP contribution in [0, 0.1) is 0 Å². The second-order valence-electron chi connectivity index (χ2n) is 6.51. The van der Waals surface area contributed by atoms with E-state index in [1.54, 1.807) is 19.1 Å². The molecule has 0 aromatic heterocycles. The summed E-state index contributed by atoms with van der Waals surface area (Å²) in [5.41, 5.74) is 2.34. The lowest BCUT2D eigenvalue weighted by molar-refractivity contribution is -0.125. The monoisotopic (exact) mass is 343 g/mol. The molecule has 0 bridgehead atoms. The van der Waals surface area contributed by atoms with E-state index in [1.807, 2.05) is 29.2 Å². The van der Waals surface area contributed by atoms with Crippen LogP contribution in [-0.2, 0) is 4.79 Å². The molecule has 0 saturated carbocycles. The first-order chi connectivity index (χ1) is 12.1. The molecule has 2 aliphatic rings. The number of hydrogen-bond donors (Lipinski definition) is 1. The molecule has 0 aliphatic carbocycles. The molecule has 3 rings (SSSR count). The van der Waals surface area contributed by atoms with Crippen molar-refractivity contribution in [3.8, 4) is 5.75 Å². The second kappa shape index (κ2) is 7.17. The van der Waals surface area contributed by atoms with Crippen LogP contribution in [-0.4, -0.2) is 49.0 Å². The fraction of sp³-hybridized carbons (Fsp3) is 0.474. The number of likely N-dealkylation sites (N-methyl/N-ethyl adjacent to an activating group) is 1. The number of methoxy groups -OCH3 is 1. The summed E-state index contributed by atoms with van der Waals surface area (Å²) in [6.07, 6.45) is 3.19. The molecule has 1 aromatic carbocycles. The van der Waals surface area contributed by atoms with Crippen LogP contribution in [0.5, 0.6) is 5.75 Å². The minimum atomic E-state index is -0.433. The van der Waals surface area contributed by atoms with Gasteiger partial charge in [0.2, 0.25) is 0 Å². The topological polar surface area (TPSA) is 61.9 Å². The highest BCUT2D eigenvalue weighted by Crippen LogP contribution is 2.36. The number of rotatable bonds is 6. The van der Waals surface area contributed by atoms with Crippen molar-refractivity contribution in [3.05, 3.63) is 41.1 Å². The molecular formula is C19H25N3O3. The van der Waals surface area contributed by atoms with E-state index in [0.717, 1.165) is 37.1 Å². The van der Waals surface area contributed by atoms with Gasteiger partial charge in [-0.1, -0.05) is 31.9 Å². The fourth-order valence-corrected chi connectivity index (χ4v) is 3.43. The molecule has 3 amide bonds. The summed E-state index contributed by atoms with van der Waals surface area (Å²) >= 11 is 0. The van der Waals surface area contributed by atoms with E-state index in [-0.39, 0.29) is 11.9 Å². The molecule has 134 valence electrons. The van der Waals surface area contributed by atoms with Crippen LogP contribution in [0.1, 0.15) is 37.8 Å². The summed E-state index contributed by atoms with van der Waals surface area (Å²) in [7, 11) is 3.32. The van der Waals surface area contributed by atoms with Gasteiger partial charge in [-0.05, 0) is 24.1 Å². The molecule has 6 heteroatoms. The number of carbonyl (C=O) groups is 2. The molecule has 0 radical (unpaired) electrons. The van der Waals surface area contributed by atoms with Gasteiger partial charge in [0.1, 0.15) is 5.75 Å². The van der Waals surface area contributed by atoms with Gasteiger partial charge in [-0.2, -0.15) is 0 Å². The minimum absolute atomic E-state index is 0.0192. The van der Waals surface area contributed by atoms with Crippen molar-refractivity contribution >= 4 is 11.9 Å². The molecule has 1 N–H and O–H groups in total. The van der Waals surface area contributed by atoms with Crippen LogP contribution in [0.3, 0.4) is 0 Å². The van der Waals surface area contributed by atoms with Crippen LogP contribution in [0.25, 0.3) is 0 Å². The Kier molecular flexibility index (Phi) is 4.97. The smallest absolute Gasteiger partial charge is 0.322 e. The van der Waals surface area contributed by atoms with Crippen molar-refractivity contribution in [2.24, 2.45) is 0 Å². The van der Waals surface area contributed by atoms with E-state index in [2.05, 4.69) is 12.2 Å². The summed E-state index contributed by atoms with van der Waals surface area (Å²) in [6.45, 7) is 3.37. The predicted molar refractivity (Wildman–Crippen MR) is 95.2 cm³/mol. The fourth-order valence-electron chi connectivity index (χ4n) is 3.43. The van der Waals surface area contributed by atoms with Gasteiger partial charge in [0.05, 0.1) is 31.0 Å². The van der Waals surface area contributed by atoms with E-state index in [1.165, 1.54) is 0 Å². The molecule has 0 spiro atoms. The van der Waals surface area contributed by atoms with Gasteiger partial charge >= 0.3 is 6.03 Å². The average Bonchev–Trinajstić information content (AvgIpc) is 2.95. The lowest BCUT2D eigenvalue weighted by atomic mass is 9.95. The number of carbonyl (C=O) groups excluding carboxylic acids is 2. The van der Waals surface area contributed by atoms with Crippen molar-refractivity contribution < 1.29 is 14.3 Å². The van der Waals surface area contributed by atoms with Crippen molar-refractivity contribution in [1.29, 1.82) is 0 Å². The maximum atomic E-state index is 13.0. The van der Waals surface area contributed by atoms with Crippen molar-refractivity contribution in [3.63, 3.8) is 0 Å². The van der Waals surface area contributed by atoms with Gasteiger partial charge < -0.3 is 15.0 Å². The van der Waals surface area contributed by atoms with E-state index in [4.69, 9.17) is 4.74 Å². The van der Waals surface area contributed by atoms with Gasteiger partial charge in [0.25, 0.3) is 5.91 Å². The predicted octanol–water partition coefficient (Wildman–Crippen LogP) is 2.68. The maximum absolute atomic E-state index is 13.0. The van der Waals surface area contributed by atoms with Gasteiger partial charge in [-0.15, -0.1) is 0 Å². The number of nitrogens with one attached hydrogen (secondary N) is 1. The number of unbranched alkanes of at least 4 members (excludes halogenated alkanes) is 2. The molecule has 2 aliphatic heterocycles. The van der Waals surface area contributed by atoms with E-state index < -0.39 is 6.04 Å². The molecule has 6 nitrogen and oxygen atoms in total. The first-order valence-electron chi connectivity index (χ1n) is 8.77. The maximum Gasteiger partial charge on any atom is 0.322 e. The first kappa shape index (κ1) is 17.3. The van der Waals surface area contributed by atoms with Crippen LogP contribution in [0.4, 0.5) is 4.79 Å². The molecule has 1 unspecified atom stereocenters. The summed E-state index contributed by atoms with van der Waals surface area (Å²) in [6, 6.07) is 6.89.